The Hall–Kier alpha value is -2.22. The minimum atomic E-state index is -0.0828. The van der Waals surface area contributed by atoms with Crippen molar-refractivity contribution in [3.05, 3.63) is 58.7 Å². The Morgan fingerprint density at radius 1 is 0.641 bits per heavy atom. The molecule has 0 amide bonds. The lowest BCUT2D eigenvalue weighted by atomic mass is 9.55. The van der Waals surface area contributed by atoms with Crippen LogP contribution in [-0.2, 0) is 5.41 Å². The second-order valence-corrected chi connectivity index (χ2v) is 13.0. The number of carbonyl (C=O) groups is 2. The summed E-state index contributed by atoms with van der Waals surface area (Å²) < 4.78 is 0. The molecule has 0 bridgehead atoms. The smallest absolute Gasteiger partial charge is 0.150 e. The molecular weight excluding hydrogens is 476 g/mol. The molecule has 0 heterocycles. The topological polar surface area (TPSA) is 34.1 Å². The van der Waals surface area contributed by atoms with Crippen molar-refractivity contribution in [3.63, 3.8) is 0 Å². The largest absolute Gasteiger partial charge is 0.298 e. The number of unbranched alkanes of at least 4 members (excludes halogenated alkanes) is 8. The fourth-order valence-corrected chi connectivity index (χ4v) is 8.25. The predicted molar refractivity (Wildman–Crippen MR) is 163 cm³/mol. The molecule has 2 atom stereocenters. The first-order valence-electron chi connectivity index (χ1n) is 16.4. The third kappa shape index (κ3) is 5.82. The van der Waals surface area contributed by atoms with Crippen LogP contribution in [-0.4, -0.2) is 12.6 Å². The van der Waals surface area contributed by atoms with Crippen LogP contribution in [0.4, 0.5) is 0 Å². The molecule has 39 heavy (non-hydrogen) atoms. The molecule has 0 spiro atoms. The van der Waals surface area contributed by atoms with E-state index in [1.54, 1.807) is 0 Å². The highest BCUT2D eigenvalue weighted by molar-refractivity contribution is 5.88. The van der Waals surface area contributed by atoms with Crippen LogP contribution in [0.2, 0.25) is 0 Å². The number of aldehydes is 2. The van der Waals surface area contributed by atoms with E-state index in [0.717, 1.165) is 35.5 Å². The summed E-state index contributed by atoms with van der Waals surface area (Å²) in [5.41, 5.74) is 7.00. The van der Waals surface area contributed by atoms with E-state index in [9.17, 15) is 9.59 Å². The molecule has 210 valence electrons. The van der Waals surface area contributed by atoms with Gasteiger partial charge in [-0.25, -0.2) is 0 Å². The van der Waals surface area contributed by atoms with Gasteiger partial charge in [-0.1, -0.05) is 102 Å². The molecule has 0 aliphatic heterocycles. The number of hydrogen-bond acceptors (Lipinski definition) is 2. The molecule has 0 radical (unpaired) electrons. The van der Waals surface area contributed by atoms with Crippen molar-refractivity contribution in [1.82, 2.24) is 0 Å². The van der Waals surface area contributed by atoms with E-state index in [-0.39, 0.29) is 5.41 Å². The molecule has 5 rings (SSSR count). The zero-order chi connectivity index (χ0) is 27.2. The standard InChI is InChI=1S/C37H50O2/c1-3-5-7-9-11-13-33(29-17-18-29)37(34(30-19-20-30)14-12-10-8-6-4-2)35-23-27(25-38)15-21-31(35)32-22-16-28(26-39)24-36(32)37/h15-16,21-26,29-30,33-34H,3-14,17-20H2,1-2H3. The number of fused-ring (bicyclic) bond motifs is 3. The molecule has 0 N–H and O–H groups in total. The van der Waals surface area contributed by atoms with Gasteiger partial charge in [0.05, 0.1) is 0 Å². The summed E-state index contributed by atoms with van der Waals surface area (Å²) in [5.74, 6) is 2.69. The Morgan fingerprint density at radius 3 is 1.41 bits per heavy atom. The lowest BCUT2D eigenvalue weighted by molar-refractivity contribution is 0.111. The van der Waals surface area contributed by atoms with Crippen molar-refractivity contribution >= 4 is 12.6 Å². The van der Waals surface area contributed by atoms with Gasteiger partial charge in [0.2, 0.25) is 0 Å². The van der Waals surface area contributed by atoms with Gasteiger partial charge in [0.15, 0.2) is 0 Å². The van der Waals surface area contributed by atoms with Gasteiger partial charge in [0.25, 0.3) is 0 Å². The second kappa shape index (κ2) is 13.0. The maximum Gasteiger partial charge on any atom is 0.150 e. The van der Waals surface area contributed by atoms with Crippen molar-refractivity contribution in [2.75, 3.05) is 0 Å². The summed E-state index contributed by atoms with van der Waals surface area (Å²) in [5, 5.41) is 0. The third-order valence-corrected chi connectivity index (χ3v) is 10.3. The van der Waals surface area contributed by atoms with E-state index in [2.05, 4.69) is 38.1 Å². The lowest BCUT2D eigenvalue weighted by Crippen LogP contribution is -2.44. The van der Waals surface area contributed by atoms with Crippen molar-refractivity contribution in [2.24, 2.45) is 23.7 Å². The summed E-state index contributed by atoms with van der Waals surface area (Å²) in [6, 6.07) is 13.0. The van der Waals surface area contributed by atoms with Gasteiger partial charge in [-0.05, 0) is 96.6 Å². The van der Waals surface area contributed by atoms with Crippen LogP contribution in [0.15, 0.2) is 36.4 Å². The summed E-state index contributed by atoms with van der Waals surface area (Å²) in [4.78, 5) is 24.2. The fourth-order valence-electron chi connectivity index (χ4n) is 8.25. The highest BCUT2D eigenvalue weighted by Crippen LogP contribution is 2.66. The van der Waals surface area contributed by atoms with E-state index < -0.39 is 0 Å². The van der Waals surface area contributed by atoms with Crippen molar-refractivity contribution in [1.29, 1.82) is 0 Å². The van der Waals surface area contributed by atoms with Crippen LogP contribution in [0.25, 0.3) is 11.1 Å². The summed E-state index contributed by atoms with van der Waals surface area (Å²) in [6.45, 7) is 4.59. The van der Waals surface area contributed by atoms with Gasteiger partial charge in [-0.3, -0.25) is 9.59 Å². The third-order valence-electron chi connectivity index (χ3n) is 10.3. The molecule has 2 aromatic carbocycles. The maximum absolute atomic E-state index is 12.1. The quantitative estimate of drug-likeness (QED) is 0.143. The summed E-state index contributed by atoms with van der Waals surface area (Å²) >= 11 is 0. The Labute approximate surface area is 237 Å². The molecule has 2 heteroatoms. The Bertz CT molecular complexity index is 1030. The lowest BCUT2D eigenvalue weighted by Gasteiger charge is -2.47. The Morgan fingerprint density at radius 2 is 1.05 bits per heavy atom. The Kier molecular flexibility index (Phi) is 9.41. The molecule has 2 unspecified atom stereocenters. The number of hydrogen-bond donors (Lipinski definition) is 0. The first kappa shape index (κ1) is 28.3. The molecule has 0 aromatic heterocycles. The van der Waals surface area contributed by atoms with Crippen LogP contribution in [0.5, 0.6) is 0 Å². The van der Waals surface area contributed by atoms with E-state index >= 15 is 0 Å². The highest BCUT2D eigenvalue weighted by Gasteiger charge is 2.59. The van der Waals surface area contributed by atoms with Crippen LogP contribution in [0.3, 0.4) is 0 Å². The molecule has 2 saturated carbocycles. The number of carbonyl (C=O) groups excluding carboxylic acids is 2. The van der Waals surface area contributed by atoms with Crippen LogP contribution >= 0.6 is 0 Å². The van der Waals surface area contributed by atoms with Crippen LogP contribution in [0.1, 0.15) is 148 Å². The summed E-state index contributed by atoms with van der Waals surface area (Å²) in [6.07, 6.45) is 23.1. The first-order chi connectivity index (χ1) is 19.2. The minimum Gasteiger partial charge on any atom is -0.298 e. The van der Waals surface area contributed by atoms with Crippen LogP contribution in [0, 0.1) is 23.7 Å². The molecule has 3 aliphatic rings. The molecule has 0 saturated heterocycles. The van der Waals surface area contributed by atoms with E-state index in [1.165, 1.54) is 125 Å². The zero-order valence-corrected chi connectivity index (χ0v) is 24.6. The highest BCUT2D eigenvalue weighted by atomic mass is 16.1. The Balaban J connectivity index is 1.64. The first-order valence-corrected chi connectivity index (χ1v) is 16.4. The number of rotatable bonds is 18. The van der Waals surface area contributed by atoms with Gasteiger partial charge in [0, 0.05) is 16.5 Å². The van der Waals surface area contributed by atoms with Gasteiger partial charge in [-0.15, -0.1) is 0 Å². The van der Waals surface area contributed by atoms with Gasteiger partial charge in [-0.2, -0.15) is 0 Å². The van der Waals surface area contributed by atoms with Gasteiger partial charge < -0.3 is 0 Å². The fraction of sp³-hybridized carbons (Fsp3) is 0.622. The number of benzene rings is 2. The van der Waals surface area contributed by atoms with Crippen molar-refractivity contribution in [2.45, 2.75) is 122 Å². The van der Waals surface area contributed by atoms with Crippen molar-refractivity contribution < 1.29 is 9.59 Å². The normalized spacial score (nSPS) is 18.8. The van der Waals surface area contributed by atoms with Crippen molar-refractivity contribution in [3.8, 4) is 11.1 Å². The monoisotopic (exact) mass is 526 g/mol. The van der Waals surface area contributed by atoms with E-state index in [0.29, 0.717) is 11.8 Å². The molecule has 2 nitrogen and oxygen atoms in total. The van der Waals surface area contributed by atoms with Gasteiger partial charge in [0.1, 0.15) is 12.6 Å². The van der Waals surface area contributed by atoms with Crippen LogP contribution < -0.4 is 0 Å². The van der Waals surface area contributed by atoms with E-state index in [1.807, 2.05) is 12.1 Å². The minimum absolute atomic E-state index is 0.0828. The molecule has 2 fully saturated rings. The van der Waals surface area contributed by atoms with Gasteiger partial charge >= 0.3 is 0 Å². The summed E-state index contributed by atoms with van der Waals surface area (Å²) in [7, 11) is 0. The molecule has 2 aromatic rings. The SMILES string of the molecule is CCCCCCCC(C1CC1)C1(C(CCCCCCC)C2CC2)c2cc(C=O)ccc2-c2ccc(C=O)cc21. The predicted octanol–water partition coefficient (Wildman–Crippen LogP) is 10.4. The zero-order valence-electron chi connectivity index (χ0n) is 24.6. The maximum atomic E-state index is 12.1. The second-order valence-electron chi connectivity index (χ2n) is 13.0. The average Bonchev–Trinajstić information content (AvgIpc) is 3.90. The average molecular weight is 527 g/mol. The van der Waals surface area contributed by atoms with E-state index in [4.69, 9.17) is 0 Å². The molecular formula is C37H50O2. The molecule has 3 aliphatic carbocycles.